The summed E-state index contributed by atoms with van der Waals surface area (Å²) in [5.41, 5.74) is 9.75. The Morgan fingerprint density at radius 3 is 2.60 bits per heavy atom. The molecule has 0 saturated heterocycles. The van der Waals surface area contributed by atoms with Gasteiger partial charge in [-0.15, -0.1) is 11.3 Å². The highest BCUT2D eigenvalue weighted by molar-refractivity contribution is 7.10. The molecule has 0 unspecified atom stereocenters. The van der Waals surface area contributed by atoms with E-state index in [0.717, 1.165) is 0 Å². The molecule has 2 aromatic rings. The number of thiophene rings is 1. The molecule has 1 heterocycles. The summed E-state index contributed by atoms with van der Waals surface area (Å²) < 4.78 is 0. The van der Waals surface area contributed by atoms with Crippen molar-refractivity contribution in [3.05, 3.63) is 46.2 Å². The first-order valence-corrected chi connectivity index (χ1v) is 5.96. The lowest BCUT2D eigenvalue weighted by atomic mass is 10.0. The van der Waals surface area contributed by atoms with Gasteiger partial charge in [0.05, 0.1) is 0 Å². The van der Waals surface area contributed by atoms with Gasteiger partial charge in [-0.05, 0) is 42.0 Å². The van der Waals surface area contributed by atoms with Crippen molar-refractivity contribution in [1.29, 1.82) is 0 Å². The molecule has 2 rings (SSSR count). The van der Waals surface area contributed by atoms with Crippen LogP contribution in [0, 0.1) is 6.92 Å². The number of benzene rings is 1. The predicted molar refractivity (Wildman–Crippen MR) is 67.1 cm³/mol. The third-order valence-electron chi connectivity index (χ3n) is 2.52. The van der Waals surface area contributed by atoms with E-state index in [0.29, 0.717) is 0 Å². The maximum Gasteiger partial charge on any atom is 0.0361 e. The van der Waals surface area contributed by atoms with Crippen molar-refractivity contribution in [2.75, 3.05) is 0 Å². The Hall–Kier alpha value is -1.12. The van der Waals surface area contributed by atoms with Gasteiger partial charge in [0.15, 0.2) is 0 Å². The van der Waals surface area contributed by atoms with E-state index in [1.165, 1.54) is 21.6 Å². The average molecular weight is 217 g/mol. The molecule has 0 amide bonds. The van der Waals surface area contributed by atoms with Gasteiger partial charge in [-0.3, -0.25) is 0 Å². The summed E-state index contributed by atoms with van der Waals surface area (Å²) in [6.07, 6.45) is 0. The Labute approximate surface area is 94.6 Å². The minimum atomic E-state index is 0.132. The zero-order chi connectivity index (χ0) is 10.8. The largest absolute Gasteiger partial charge is 0.324 e. The summed E-state index contributed by atoms with van der Waals surface area (Å²) in [6, 6.07) is 10.8. The van der Waals surface area contributed by atoms with Crippen LogP contribution in [0.3, 0.4) is 0 Å². The molecule has 15 heavy (non-hydrogen) atoms. The number of hydrogen-bond acceptors (Lipinski definition) is 2. The Bertz CT molecular complexity index is 457. The third kappa shape index (κ3) is 2.11. The molecule has 2 heteroatoms. The van der Waals surface area contributed by atoms with Gasteiger partial charge in [-0.25, -0.2) is 0 Å². The normalized spacial score (nSPS) is 12.7. The van der Waals surface area contributed by atoms with Crippen molar-refractivity contribution in [2.45, 2.75) is 19.9 Å². The van der Waals surface area contributed by atoms with Crippen LogP contribution < -0.4 is 5.73 Å². The topological polar surface area (TPSA) is 26.0 Å². The van der Waals surface area contributed by atoms with E-state index in [4.69, 9.17) is 5.73 Å². The van der Waals surface area contributed by atoms with E-state index in [9.17, 15) is 0 Å². The second kappa shape index (κ2) is 4.17. The van der Waals surface area contributed by atoms with Crippen LogP contribution in [0.25, 0.3) is 11.1 Å². The SMILES string of the molecule is Cc1ccccc1-c1csc([C@@H](C)N)c1. The van der Waals surface area contributed by atoms with Gasteiger partial charge in [0.25, 0.3) is 0 Å². The van der Waals surface area contributed by atoms with E-state index >= 15 is 0 Å². The van der Waals surface area contributed by atoms with Gasteiger partial charge in [0.1, 0.15) is 0 Å². The molecule has 0 aliphatic rings. The van der Waals surface area contributed by atoms with Crippen LogP contribution in [0.15, 0.2) is 35.7 Å². The van der Waals surface area contributed by atoms with Gasteiger partial charge in [-0.1, -0.05) is 24.3 Å². The molecule has 1 atom stereocenters. The average Bonchev–Trinajstić information content (AvgIpc) is 2.67. The molecule has 0 bridgehead atoms. The van der Waals surface area contributed by atoms with Crippen LogP contribution in [0.4, 0.5) is 0 Å². The minimum Gasteiger partial charge on any atom is -0.324 e. The summed E-state index contributed by atoms with van der Waals surface area (Å²) in [7, 11) is 0. The number of rotatable bonds is 2. The third-order valence-corrected chi connectivity index (χ3v) is 3.66. The summed E-state index contributed by atoms with van der Waals surface area (Å²) >= 11 is 1.74. The van der Waals surface area contributed by atoms with E-state index in [1.54, 1.807) is 11.3 Å². The second-order valence-corrected chi connectivity index (χ2v) is 4.78. The van der Waals surface area contributed by atoms with Crippen LogP contribution in [-0.2, 0) is 0 Å². The van der Waals surface area contributed by atoms with E-state index in [-0.39, 0.29) is 6.04 Å². The lowest BCUT2D eigenvalue weighted by molar-refractivity contribution is 0.838. The van der Waals surface area contributed by atoms with E-state index in [1.807, 2.05) is 6.92 Å². The number of aryl methyl sites for hydroxylation is 1. The quantitative estimate of drug-likeness (QED) is 0.814. The van der Waals surface area contributed by atoms with Crippen molar-refractivity contribution in [3.8, 4) is 11.1 Å². The lowest BCUT2D eigenvalue weighted by Crippen LogP contribution is -2.01. The molecule has 0 aliphatic carbocycles. The zero-order valence-electron chi connectivity index (χ0n) is 9.03. The van der Waals surface area contributed by atoms with Gasteiger partial charge in [0, 0.05) is 10.9 Å². The summed E-state index contributed by atoms with van der Waals surface area (Å²) in [4.78, 5) is 1.24. The van der Waals surface area contributed by atoms with E-state index < -0.39 is 0 Å². The molecule has 1 aromatic heterocycles. The Morgan fingerprint density at radius 2 is 2.00 bits per heavy atom. The standard InChI is InChI=1S/C13H15NS/c1-9-5-3-4-6-12(9)11-7-13(10(2)14)15-8-11/h3-8,10H,14H2,1-2H3/t10-/m1/s1. The Kier molecular flexibility index (Phi) is 2.89. The monoisotopic (exact) mass is 217 g/mol. The highest BCUT2D eigenvalue weighted by Gasteiger charge is 2.06. The lowest BCUT2D eigenvalue weighted by Gasteiger charge is -2.02. The molecular weight excluding hydrogens is 202 g/mol. The van der Waals surface area contributed by atoms with Crippen molar-refractivity contribution < 1.29 is 0 Å². The van der Waals surface area contributed by atoms with Crippen LogP contribution in [0.2, 0.25) is 0 Å². The van der Waals surface area contributed by atoms with Crippen LogP contribution in [-0.4, -0.2) is 0 Å². The molecule has 1 aromatic carbocycles. The smallest absolute Gasteiger partial charge is 0.0361 e. The maximum absolute atomic E-state index is 5.85. The van der Waals surface area contributed by atoms with Crippen LogP contribution >= 0.6 is 11.3 Å². The van der Waals surface area contributed by atoms with E-state index in [2.05, 4.69) is 42.6 Å². The van der Waals surface area contributed by atoms with Gasteiger partial charge >= 0.3 is 0 Å². The second-order valence-electron chi connectivity index (χ2n) is 3.84. The fourth-order valence-corrected chi connectivity index (χ4v) is 2.50. The van der Waals surface area contributed by atoms with Gasteiger partial charge in [0.2, 0.25) is 0 Å². The van der Waals surface area contributed by atoms with Gasteiger partial charge in [-0.2, -0.15) is 0 Å². The fraction of sp³-hybridized carbons (Fsp3) is 0.231. The first kappa shape index (κ1) is 10.4. The molecule has 0 saturated carbocycles. The molecule has 1 nitrogen and oxygen atoms in total. The van der Waals surface area contributed by atoms with Crippen molar-refractivity contribution in [2.24, 2.45) is 5.73 Å². The van der Waals surface area contributed by atoms with Crippen LogP contribution in [0.5, 0.6) is 0 Å². The molecule has 0 spiro atoms. The number of hydrogen-bond donors (Lipinski definition) is 1. The predicted octanol–water partition coefficient (Wildman–Crippen LogP) is 3.74. The maximum atomic E-state index is 5.85. The molecular formula is C13H15NS. The molecule has 2 N–H and O–H groups in total. The Balaban J connectivity index is 2.42. The number of nitrogens with two attached hydrogens (primary N) is 1. The molecule has 0 radical (unpaired) electrons. The van der Waals surface area contributed by atoms with Crippen molar-refractivity contribution in [1.82, 2.24) is 0 Å². The highest BCUT2D eigenvalue weighted by Crippen LogP contribution is 2.30. The first-order valence-electron chi connectivity index (χ1n) is 5.08. The zero-order valence-corrected chi connectivity index (χ0v) is 9.84. The van der Waals surface area contributed by atoms with Crippen LogP contribution in [0.1, 0.15) is 23.4 Å². The molecule has 78 valence electrons. The molecule has 0 aliphatic heterocycles. The summed E-state index contributed by atoms with van der Waals surface area (Å²) in [5.74, 6) is 0. The first-order chi connectivity index (χ1) is 7.18. The van der Waals surface area contributed by atoms with Gasteiger partial charge < -0.3 is 5.73 Å². The summed E-state index contributed by atoms with van der Waals surface area (Å²) in [5, 5.41) is 2.18. The highest BCUT2D eigenvalue weighted by atomic mass is 32.1. The molecule has 0 fully saturated rings. The summed E-state index contributed by atoms with van der Waals surface area (Å²) in [6.45, 7) is 4.16. The van der Waals surface area contributed by atoms with Crippen molar-refractivity contribution in [3.63, 3.8) is 0 Å². The minimum absolute atomic E-state index is 0.132. The van der Waals surface area contributed by atoms with Crippen molar-refractivity contribution >= 4 is 11.3 Å². The fourth-order valence-electron chi connectivity index (χ4n) is 1.63. The Morgan fingerprint density at radius 1 is 1.27 bits per heavy atom.